The van der Waals surface area contributed by atoms with Gasteiger partial charge in [0.15, 0.2) is 0 Å². The molecule has 0 saturated carbocycles. The van der Waals surface area contributed by atoms with E-state index in [0.29, 0.717) is 5.56 Å². The van der Waals surface area contributed by atoms with Gasteiger partial charge in [-0.15, -0.1) is 0 Å². The van der Waals surface area contributed by atoms with Gasteiger partial charge in [0.25, 0.3) is 0 Å². The number of ether oxygens (including phenoxy) is 1. The number of benzene rings is 2. The predicted octanol–water partition coefficient (Wildman–Crippen LogP) is 2.84. The van der Waals surface area contributed by atoms with E-state index in [2.05, 4.69) is 10.6 Å². The molecule has 0 spiro atoms. The number of likely N-dealkylation sites (tertiary alicyclic amines) is 1. The van der Waals surface area contributed by atoms with Crippen molar-refractivity contribution in [1.29, 1.82) is 5.41 Å². The second-order valence-electron chi connectivity index (χ2n) is 10.9. The van der Waals surface area contributed by atoms with Gasteiger partial charge in [0.1, 0.15) is 23.8 Å². The Morgan fingerprint density at radius 1 is 1.15 bits per heavy atom. The number of carbonyl (C=O) groups is 3. The Hall–Kier alpha value is -3.93. The van der Waals surface area contributed by atoms with E-state index in [1.165, 1.54) is 38.8 Å². The zero-order valence-corrected chi connectivity index (χ0v) is 23.5. The molecule has 5 N–H and O–H groups in total. The minimum absolute atomic E-state index is 0.103. The van der Waals surface area contributed by atoms with Crippen molar-refractivity contribution in [2.45, 2.75) is 51.4 Å². The van der Waals surface area contributed by atoms with Crippen molar-refractivity contribution < 1.29 is 32.3 Å². The van der Waals surface area contributed by atoms with E-state index >= 15 is 0 Å². The molecule has 3 amide bonds. The normalized spacial score (nSPS) is 18.4. The minimum Gasteiger partial charge on any atom is -0.491 e. The van der Waals surface area contributed by atoms with Crippen molar-refractivity contribution in [3.8, 4) is 5.75 Å². The number of alkyl halides is 3. The van der Waals surface area contributed by atoms with E-state index in [9.17, 15) is 27.6 Å². The molecule has 1 saturated heterocycles. The smallest absolute Gasteiger partial charge is 0.416 e. The number of rotatable bonds is 9. The third-order valence-electron chi connectivity index (χ3n) is 6.98. The van der Waals surface area contributed by atoms with Crippen LogP contribution >= 0.6 is 0 Å². The highest BCUT2D eigenvalue weighted by Gasteiger charge is 2.48. The molecule has 2 atom stereocenters. The summed E-state index contributed by atoms with van der Waals surface area (Å²) in [5, 5.41) is 13.9. The number of nitrogens with one attached hydrogen (secondary N) is 3. The molecule has 0 aliphatic carbocycles. The Morgan fingerprint density at radius 3 is 2.39 bits per heavy atom. The molecule has 1 aliphatic rings. The average molecular weight is 576 g/mol. The number of hydrogen-bond acceptors (Lipinski definition) is 6. The van der Waals surface area contributed by atoms with Crippen molar-refractivity contribution >= 4 is 23.4 Å². The molecule has 1 fully saturated rings. The first-order valence-electron chi connectivity index (χ1n) is 13.1. The molecular formula is C29H36F3N5O4. The van der Waals surface area contributed by atoms with E-state index in [0.717, 1.165) is 17.7 Å². The fraction of sp³-hybridized carbons (Fsp3) is 0.448. The molecule has 0 unspecified atom stereocenters. The highest BCUT2D eigenvalue weighted by atomic mass is 19.4. The van der Waals surface area contributed by atoms with Crippen LogP contribution in [0.15, 0.2) is 48.5 Å². The molecule has 222 valence electrons. The topological polar surface area (TPSA) is 138 Å². The summed E-state index contributed by atoms with van der Waals surface area (Å²) in [5.74, 6) is -1.84. The lowest BCUT2D eigenvalue weighted by molar-refractivity contribution is -0.141. The molecule has 0 aromatic heterocycles. The molecule has 41 heavy (non-hydrogen) atoms. The molecule has 2 aromatic rings. The maximum absolute atomic E-state index is 13.8. The highest BCUT2D eigenvalue weighted by molar-refractivity contribution is 6.09. The van der Waals surface area contributed by atoms with Gasteiger partial charge in [-0.2, -0.15) is 13.2 Å². The lowest BCUT2D eigenvalue weighted by Gasteiger charge is -2.43. The number of halogens is 3. The van der Waals surface area contributed by atoms with Crippen molar-refractivity contribution in [3.63, 3.8) is 0 Å². The molecule has 12 heteroatoms. The zero-order valence-electron chi connectivity index (χ0n) is 23.5. The van der Waals surface area contributed by atoms with Crippen LogP contribution in [0.4, 0.5) is 13.2 Å². The van der Waals surface area contributed by atoms with Gasteiger partial charge in [-0.25, -0.2) is 0 Å². The van der Waals surface area contributed by atoms with Crippen LogP contribution in [-0.4, -0.2) is 66.7 Å². The largest absolute Gasteiger partial charge is 0.491 e. The monoisotopic (exact) mass is 575 g/mol. The van der Waals surface area contributed by atoms with Gasteiger partial charge >= 0.3 is 6.18 Å². The summed E-state index contributed by atoms with van der Waals surface area (Å²) in [4.78, 5) is 41.2. The Morgan fingerprint density at radius 2 is 1.80 bits per heavy atom. The Kier molecular flexibility index (Phi) is 9.47. The lowest BCUT2D eigenvalue weighted by Crippen LogP contribution is -2.63. The molecule has 0 bridgehead atoms. The lowest BCUT2D eigenvalue weighted by atomic mass is 9.72. The van der Waals surface area contributed by atoms with Crippen LogP contribution < -0.4 is 21.1 Å². The predicted molar refractivity (Wildman–Crippen MR) is 147 cm³/mol. The third kappa shape index (κ3) is 7.63. The van der Waals surface area contributed by atoms with Gasteiger partial charge < -0.3 is 31.4 Å². The van der Waals surface area contributed by atoms with Gasteiger partial charge in [-0.3, -0.25) is 14.4 Å². The SMILES string of the molecule is CNC(=O)[C@]1(Cc2ccccc2)CN(C(=O)[C@@H](COc2cc(C)cc(C(F)(F)F)c2)NC(=O)C(C)(C)N)CCC1=N. The van der Waals surface area contributed by atoms with Gasteiger partial charge in [0.05, 0.1) is 11.1 Å². The van der Waals surface area contributed by atoms with Gasteiger partial charge in [-0.1, -0.05) is 30.3 Å². The first kappa shape index (κ1) is 31.6. The maximum Gasteiger partial charge on any atom is 0.416 e. The van der Waals surface area contributed by atoms with Crippen LogP contribution in [0, 0.1) is 17.7 Å². The summed E-state index contributed by atoms with van der Waals surface area (Å²) in [6, 6.07) is 11.0. The van der Waals surface area contributed by atoms with Crippen LogP contribution in [0.3, 0.4) is 0 Å². The van der Waals surface area contributed by atoms with Crippen LogP contribution in [0.25, 0.3) is 0 Å². The van der Waals surface area contributed by atoms with Crippen molar-refractivity contribution in [3.05, 3.63) is 65.2 Å². The van der Waals surface area contributed by atoms with Crippen LogP contribution in [-0.2, 0) is 27.0 Å². The van der Waals surface area contributed by atoms with Crippen LogP contribution in [0.5, 0.6) is 5.75 Å². The number of aryl methyl sites for hydroxylation is 1. The molecule has 9 nitrogen and oxygen atoms in total. The summed E-state index contributed by atoms with van der Waals surface area (Å²) >= 11 is 0. The summed E-state index contributed by atoms with van der Waals surface area (Å²) in [5.41, 5.74) is 3.56. The quantitative estimate of drug-likeness (QED) is 0.365. The first-order chi connectivity index (χ1) is 19.1. The number of carbonyl (C=O) groups excluding carboxylic acids is 3. The molecule has 2 aromatic carbocycles. The first-order valence-corrected chi connectivity index (χ1v) is 13.1. The van der Waals surface area contributed by atoms with Crippen LogP contribution in [0.1, 0.15) is 37.0 Å². The second kappa shape index (κ2) is 12.3. The fourth-order valence-electron chi connectivity index (χ4n) is 4.72. The summed E-state index contributed by atoms with van der Waals surface area (Å²) in [7, 11) is 1.46. The van der Waals surface area contributed by atoms with Crippen LogP contribution in [0.2, 0.25) is 0 Å². The van der Waals surface area contributed by atoms with Crippen molar-refractivity contribution in [1.82, 2.24) is 15.5 Å². The summed E-state index contributed by atoms with van der Waals surface area (Å²) in [6.45, 7) is 3.85. The van der Waals surface area contributed by atoms with E-state index < -0.39 is 53.1 Å². The van der Waals surface area contributed by atoms with Gasteiger partial charge in [0.2, 0.25) is 17.7 Å². The number of amides is 3. The van der Waals surface area contributed by atoms with Crippen molar-refractivity contribution in [2.24, 2.45) is 11.1 Å². The van der Waals surface area contributed by atoms with Gasteiger partial charge in [0, 0.05) is 32.3 Å². The second-order valence-corrected chi connectivity index (χ2v) is 10.9. The number of nitrogens with two attached hydrogens (primary N) is 1. The molecule has 3 rings (SSSR count). The number of hydrogen-bond donors (Lipinski definition) is 4. The van der Waals surface area contributed by atoms with E-state index in [1.54, 1.807) is 0 Å². The Labute approximate surface area is 237 Å². The standard InChI is InChI=1S/C29H36F3N5O4/c1-18-12-20(29(30,31)32)14-21(13-18)41-16-22(36-25(39)27(2,3)34)24(38)37-11-10-23(33)28(17-37,26(40)35-4)15-19-8-6-5-7-9-19/h5-9,12-14,22,33H,10-11,15-17,34H2,1-4H3,(H,35,40)(H,36,39)/t22-,28-/m1/s1. The third-order valence-corrected chi connectivity index (χ3v) is 6.98. The van der Waals surface area contributed by atoms with E-state index in [1.807, 2.05) is 30.3 Å². The Balaban J connectivity index is 1.91. The maximum atomic E-state index is 13.8. The summed E-state index contributed by atoms with van der Waals surface area (Å²) in [6.07, 6.45) is -4.32. The van der Waals surface area contributed by atoms with Gasteiger partial charge in [-0.05, 0) is 56.5 Å². The summed E-state index contributed by atoms with van der Waals surface area (Å²) < 4.78 is 45.6. The molecule has 1 heterocycles. The Bertz CT molecular complexity index is 1280. The van der Waals surface area contributed by atoms with Crippen molar-refractivity contribution in [2.75, 3.05) is 26.7 Å². The number of piperidine rings is 1. The molecule has 1 aliphatic heterocycles. The highest BCUT2D eigenvalue weighted by Crippen LogP contribution is 2.34. The zero-order chi connectivity index (χ0) is 30.6. The van der Waals surface area contributed by atoms with E-state index in [4.69, 9.17) is 15.9 Å². The number of nitrogens with zero attached hydrogens (tertiary/aromatic N) is 1. The average Bonchev–Trinajstić information content (AvgIpc) is 2.90. The minimum atomic E-state index is -4.60. The molecular weight excluding hydrogens is 539 g/mol. The fourth-order valence-corrected chi connectivity index (χ4v) is 4.72. The van der Waals surface area contributed by atoms with E-state index in [-0.39, 0.29) is 37.4 Å². The molecule has 0 radical (unpaired) electrons.